The Balaban J connectivity index is 1.49. The van der Waals surface area contributed by atoms with Crippen molar-refractivity contribution in [1.29, 1.82) is 0 Å². The van der Waals surface area contributed by atoms with E-state index in [-0.39, 0.29) is 11.8 Å². The summed E-state index contributed by atoms with van der Waals surface area (Å²) in [5, 5.41) is 6.29. The number of rotatable bonds is 3. The van der Waals surface area contributed by atoms with Crippen molar-refractivity contribution in [2.45, 2.75) is 24.8 Å². The highest BCUT2D eigenvalue weighted by Gasteiger charge is 2.51. The van der Waals surface area contributed by atoms with E-state index in [1.54, 1.807) is 17.0 Å². The molecule has 3 amide bonds. The van der Waals surface area contributed by atoms with Gasteiger partial charge in [0.25, 0.3) is 5.91 Å². The van der Waals surface area contributed by atoms with Gasteiger partial charge < -0.3 is 15.5 Å². The molecule has 30 heavy (non-hydrogen) atoms. The Hall–Kier alpha value is -2.83. The summed E-state index contributed by atoms with van der Waals surface area (Å²) in [7, 11) is 0. The molecule has 0 saturated carbocycles. The zero-order valence-corrected chi connectivity index (χ0v) is 17.5. The molecule has 6 nitrogen and oxygen atoms in total. The largest absolute Gasteiger partial charge is 0.324 e. The van der Waals surface area contributed by atoms with E-state index in [0.717, 1.165) is 23.7 Å². The van der Waals surface area contributed by atoms with Crippen LogP contribution in [0.3, 0.4) is 0 Å². The molecule has 154 valence electrons. The number of halogens is 2. The van der Waals surface area contributed by atoms with Gasteiger partial charge in [-0.1, -0.05) is 41.4 Å². The Bertz CT molecular complexity index is 1070. The summed E-state index contributed by atoms with van der Waals surface area (Å²) in [5.41, 5.74) is 1.24. The maximum absolute atomic E-state index is 12.9. The van der Waals surface area contributed by atoms with Crippen LogP contribution >= 0.6 is 23.2 Å². The third-order valence-corrected chi connectivity index (χ3v) is 6.04. The first-order valence-electron chi connectivity index (χ1n) is 9.54. The monoisotopic (exact) mass is 443 g/mol. The average molecular weight is 444 g/mol. The highest BCUT2D eigenvalue weighted by Crippen LogP contribution is 2.39. The van der Waals surface area contributed by atoms with Crippen LogP contribution in [0.5, 0.6) is 0 Å². The summed E-state index contributed by atoms with van der Waals surface area (Å²) in [4.78, 5) is 39.6. The SMILES string of the molecule is O=C(/C=C/C(=O)N1CCCC12Cc1ccccc1NC2=O)Nc1ccc(Cl)cc1Cl. The first kappa shape index (κ1) is 20.4. The molecule has 1 saturated heterocycles. The lowest BCUT2D eigenvalue weighted by Crippen LogP contribution is -2.58. The maximum Gasteiger partial charge on any atom is 0.250 e. The number of carbonyl (C=O) groups is 3. The Labute approximate surface area is 183 Å². The minimum absolute atomic E-state index is 0.183. The molecule has 2 aromatic rings. The molecule has 4 rings (SSSR count). The summed E-state index contributed by atoms with van der Waals surface area (Å²) < 4.78 is 0. The molecule has 1 atom stereocenters. The molecule has 0 bridgehead atoms. The first-order valence-corrected chi connectivity index (χ1v) is 10.3. The summed E-state index contributed by atoms with van der Waals surface area (Å²) >= 11 is 11.9. The van der Waals surface area contributed by atoms with E-state index in [4.69, 9.17) is 23.2 Å². The molecule has 1 unspecified atom stereocenters. The molecule has 0 aliphatic carbocycles. The predicted octanol–water partition coefficient (Wildman–Crippen LogP) is 4.04. The topological polar surface area (TPSA) is 78.5 Å². The average Bonchev–Trinajstić information content (AvgIpc) is 3.13. The van der Waals surface area contributed by atoms with Crippen LogP contribution in [0.25, 0.3) is 0 Å². The van der Waals surface area contributed by atoms with Crippen LogP contribution in [0.1, 0.15) is 18.4 Å². The van der Waals surface area contributed by atoms with E-state index in [1.165, 1.54) is 12.1 Å². The Morgan fingerprint density at radius 3 is 2.73 bits per heavy atom. The van der Waals surface area contributed by atoms with Crippen molar-refractivity contribution >= 4 is 52.3 Å². The molecule has 2 N–H and O–H groups in total. The molecule has 1 spiro atoms. The van der Waals surface area contributed by atoms with Gasteiger partial charge in [-0.3, -0.25) is 14.4 Å². The van der Waals surface area contributed by atoms with Gasteiger partial charge in [-0.25, -0.2) is 0 Å². The van der Waals surface area contributed by atoms with Crippen molar-refractivity contribution in [1.82, 2.24) is 4.90 Å². The van der Waals surface area contributed by atoms with Crippen molar-refractivity contribution in [2.75, 3.05) is 17.2 Å². The molecule has 8 heteroatoms. The lowest BCUT2D eigenvalue weighted by molar-refractivity contribution is -0.139. The Morgan fingerprint density at radius 2 is 1.93 bits per heavy atom. The molecule has 1 fully saturated rings. The Morgan fingerprint density at radius 1 is 1.13 bits per heavy atom. The van der Waals surface area contributed by atoms with Gasteiger partial charge in [0, 0.05) is 35.8 Å². The fourth-order valence-electron chi connectivity index (χ4n) is 4.05. The third-order valence-electron chi connectivity index (χ3n) is 5.49. The van der Waals surface area contributed by atoms with Crippen LogP contribution in [-0.2, 0) is 20.8 Å². The lowest BCUT2D eigenvalue weighted by Gasteiger charge is -2.40. The molecule has 0 aromatic heterocycles. The standard InChI is InChI=1S/C22H19Cl2N3O3/c23-15-6-7-18(16(24)12-15)25-19(28)8-9-20(29)27-11-3-10-22(27)13-14-4-1-2-5-17(14)26-21(22)30/h1-2,4-9,12H,3,10-11,13H2,(H,25,28)(H,26,30)/b9-8+. The molecule has 2 aromatic carbocycles. The minimum atomic E-state index is -0.925. The zero-order chi connectivity index (χ0) is 21.3. The molecule has 2 heterocycles. The van der Waals surface area contributed by atoms with E-state index >= 15 is 0 Å². The number of para-hydroxylation sites is 1. The van der Waals surface area contributed by atoms with E-state index < -0.39 is 11.4 Å². The number of likely N-dealkylation sites (tertiary alicyclic amines) is 1. The van der Waals surface area contributed by atoms with E-state index in [0.29, 0.717) is 35.1 Å². The number of amides is 3. The van der Waals surface area contributed by atoms with Gasteiger partial charge in [0.2, 0.25) is 11.8 Å². The predicted molar refractivity (Wildman–Crippen MR) is 117 cm³/mol. The summed E-state index contributed by atoms with van der Waals surface area (Å²) in [6.45, 7) is 0.462. The highest BCUT2D eigenvalue weighted by atomic mass is 35.5. The van der Waals surface area contributed by atoms with Gasteiger partial charge in [0.1, 0.15) is 5.54 Å². The van der Waals surface area contributed by atoms with Crippen molar-refractivity contribution < 1.29 is 14.4 Å². The van der Waals surface area contributed by atoms with Crippen LogP contribution in [-0.4, -0.2) is 34.7 Å². The fraction of sp³-hybridized carbons (Fsp3) is 0.227. The number of carbonyl (C=O) groups excluding carboxylic acids is 3. The molecular weight excluding hydrogens is 425 g/mol. The number of nitrogens with one attached hydrogen (secondary N) is 2. The van der Waals surface area contributed by atoms with Crippen LogP contribution in [0.2, 0.25) is 10.0 Å². The minimum Gasteiger partial charge on any atom is -0.324 e. The van der Waals surface area contributed by atoms with E-state index in [9.17, 15) is 14.4 Å². The van der Waals surface area contributed by atoms with Crippen LogP contribution in [0.4, 0.5) is 11.4 Å². The fourth-order valence-corrected chi connectivity index (χ4v) is 4.51. The third kappa shape index (κ3) is 3.80. The van der Waals surface area contributed by atoms with E-state index in [1.807, 2.05) is 24.3 Å². The van der Waals surface area contributed by atoms with Gasteiger partial charge in [0.15, 0.2) is 0 Å². The Kier molecular flexibility index (Phi) is 5.54. The lowest BCUT2D eigenvalue weighted by atomic mass is 9.83. The summed E-state index contributed by atoms with van der Waals surface area (Å²) in [6, 6.07) is 12.3. The number of benzene rings is 2. The normalized spacial score (nSPS) is 20.3. The number of nitrogens with zero attached hydrogens (tertiary/aromatic N) is 1. The van der Waals surface area contributed by atoms with Crippen molar-refractivity contribution in [3.05, 3.63) is 70.2 Å². The van der Waals surface area contributed by atoms with Gasteiger partial charge in [-0.05, 0) is 42.7 Å². The van der Waals surface area contributed by atoms with Crippen LogP contribution < -0.4 is 10.6 Å². The highest BCUT2D eigenvalue weighted by molar-refractivity contribution is 6.36. The van der Waals surface area contributed by atoms with Crippen molar-refractivity contribution in [3.63, 3.8) is 0 Å². The summed E-state index contributed by atoms with van der Waals surface area (Å²) in [5.74, 6) is -1.06. The van der Waals surface area contributed by atoms with Crippen molar-refractivity contribution in [3.8, 4) is 0 Å². The molecule has 0 radical (unpaired) electrons. The second-order valence-corrected chi connectivity index (χ2v) is 8.20. The quantitative estimate of drug-likeness (QED) is 0.702. The molecular formula is C22H19Cl2N3O3. The number of anilines is 2. The first-order chi connectivity index (χ1) is 14.4. The van der Waals surface area contributed by atoms with Crippen LogP contribution in [0, 0.1) is 0 Å². The van der Waals surface area contributed by atoms with E-state index in [2.05, 4.69) is 10.6 Å². The number of hydrogen-bond acceptors (Lipinski definition) is 3. The van der Waals surface area contributed by atoms with Gasteiger partial charge in [0.05, 0.1) is 10.7 Å². The van der Waals surface area contributed by atoms with Crippen molar-refractivity contribution in [2.24, 2.45) is 0 Å². The molecule has 2 aliphatic rings. The van der Waals surface area contributed by atoms with Gasteiger partial charge >= 0.3 is 0 Å². The molecule has 2 aliphatic heterocycles. The maximum atomic E-state index is 12.9. The number of fused-ring (bicyclic) bond motifs is 1. The second-order valence-electron chi connectivity index (χ2n) is 7.36. The zero-order valence-electron chi connectivity index (χ0n) is 16.0. The van der Waals surface area contributed by atoms with Gasteiger partial charge in [-0.15, -0.1) is 0 Å². The number of hydrogen-bond donors (Lipinski definition) is 2. The summed E-state index contributed by atoms with van der Waals surface area (Å²) in [6.07, 6.45) is 4.11. The van der Waals surface area contributed by atoms with Gasteiger partial charge in [-0.2, -0.15) is 0 Å². The van der Waals surface area contributed by atoms with Crippen LogP contribution in [0.15, 0.2) is 54.6 Å². The second kappa shape index (κ2) is 8.13. The smallest absolute Gasteiger partial charge is 0.250 e.